The first-order valence-corrected chi connectivity index (χ1v) is 7.15. The molecule has 1 aliphatic rings. The largest absolute Gasteiger partial charge is 0.354 e. The van der Waals surface area contributed by atoms with Crippen LogP contribution in [0.3, 0.4) is 0 Å². The molecule has 0 radical (unpaired) electrons. The Kier molecular flexibility index (Phi) is 3.27. The molecular weight excluding hydrogens is 268 g/mol. The maximum Gasteiger partial charge on any atom is 0.217 e. The van der Waals surface area contributed by atoms with E-state index in [-0.39, 0.29) is 11.9 Å². The van der Waals surface area contributed by atoms with E-state index >= 15 is 0 Å². The van der Waals surface area contributed by atoms with Gasteiger partial charge in [0.25, 0.3) is 0 Å². The summed E-state index contributed by atoms with van der Waals surface area (Å²) in [5.41, 5.74) is 1.79. The van der Waals surface area contributed by atoms with Crippen molar-refractivity contribution in [2.75, 3.05) is 18.0 Å². The minimum atomic E-state index is 0.0171. The minimum Gasteiger partial charge on any atom is -0.354 e. The van der Waals surface area contributed by atoms with Gasteiger partial charge in [-0.15, -0.1) is 0 Å². The van der Waals surface area contributed by atoms with Gasteiger partial charge in [-0.3, -0.25) is 9.48 Å². The zero-order chi connectivity index (χ0) is 15.1. The summed E-state index contributed by atoms with van der Waals surface area (Å²) in [6, 6.07) is 0.185. The van der Waals surface area contributed by atoms with E-state index in [2.05, 4.69) is 25.3 Å². The van der Waals surface area contributed by atoms with Gasteiger partial charge in [0.15, 0.2) is 5.65 Å². The van der Waals surface area contributed by atoms with Crippen molar-refractivity contribution in [3.05, 3.63) is 11.5 Å². The fourth-order valence-corrected chi connectivity index (χ4v) is 3.01. The van der Waals surface area contributed by atoms with Crippen LogP contribution in [0.5, 0.6) is 0 Å². The van der Waals surface area contributed by atoms with Gasteiger partial charge in [0.2, 0.25) is 5.91 Å². The first-order chi connectivity index (χ1) is 9.95. The Hall–Kier alpha value is -2.18. The molecule has 3 heterocycles. The molecule has 1 aliphatic heterocycles. The third-order valence-electron chi connectivity index (χ3n) is 3.85. The number of anilines is 1. The fraction of sp³-hybridized carbons (Fsp3) is 0.571. The summed E-state index contributed by atoms with van der Waals surface area (Å²) >= 11 is 0. The van der Waals surface area contributed by atoms with E-state index < -0.39 is 0 Å². The molecule has 112 valence electrons. The van der Waals surface area contributed by atoms with Crippen molar-refractivity contribution in [3.8, 4) is 0 Å². The summed E-state index contributed by atoms with van der Waals surface area (Å²) in [5, 5.41) is 8.43. The molecule has 3 rings (SSSR count). The molecule has 21 heavy (non-hydrogen) atoms. The second-order valence-electron chi connectivity index (χ2n) is 5.63. The summed E-state index contributed by atoms with van der Waals surface area (Å²) < 4.78 is 1.80. The topological polar surface area (TPSA) is 75.9 Å². The summed E-state index contributed by atoms with van der Waals surface area (Å²) in [6.45, 7) is 7.09. The maximum atomic E-state index is 11.2. The highest BCUT2D eigenvalue weighted by atomic mass is 16.1. The predicted molar refractivity (Wildman–Crippen MR) is 80.2 cm³/mol. The van der Waals surface area contributed by atoms with Gasteiger partial charge in [-0.1, -0.05) is 0 Å². The number of nitrogens with zero attached hydrogens (tertiary/aromatic N) is 5. The highest BCUT2D eigenvalue weighted by Gasteiger charge is 2.27. The Morgan fingerprint density at radius 1 is 1.33 bits per heavy atom. The van der Waals surface area contributed by atoms with E-state index in [4.69, 9.17) is 0 Å². The van der Waals surface area contributed by atoms with E-state index in [0.29, 0.717) is 0 Å². The van der Waals surface area contributed by atoms with Gasteiger partial charge in [-0.05, 0) is 20.3 Å². The van der Waals surface area contributed by atoms with Gasteiger partial charge >= 0.3 is 0 Å². The lowest BCUT2D eigenvalue weighted by Gasteiger charge is -2.19. The Balaban J connectivity index is 1.99. The summed E-state index contributed by atoms with van der Waals surface area (Å²) in [5.74, 6) is 1.68. The molecule has 2 aromatic heterocycles. The van der Waals surface area contributed by atoms with E-state index in [1.54, 1.807) is 11.6 Å². The molecule has 2 aromatic rings. The van der Waals surface area contributed by atoms with Gasteiger partial charge in [0.05, 0.1) is 11.1 Å². The molecule has 1 N–H and O–H groups in total. The first-order valence-electron chi connectivity index (χ1n) is 7.15. The fourth-order valence-electron chi connectivity index (χ4n) is 3.01. The average Bonchev–Trinajstić information content (AvgIpc) is 2.94. The molecule has 1 amide bonds. The van der Waals surface area contributed by atoms with Crippen molar-refractivity contribution >= 4 is 22.8 Å². The van der Waals surface area contributed by atoms with Crippen molar-refractivity contribution in [1.29, 1.82) is 0 Å². The molecule has 1 atom stereocenters. The number of aromatic nitrogens is 4. The molecule has 7 nitrogen and oxygen atoms in total. The van der Waals surface area contributed by atoms with E-state index in [1.807, 2.05) is 20.9 Å². The molecule has 1 fully saturated rings. The van der Waals surface area contributed by atoms with Crippen LogP contribution in [0.1, 0.15) is 24.9 Å². The molecule has 0 unspecified atom stereocenters. The minimum absolute atomic E-state index is 0.0171. The normalized spacial score (nSPS) is 18.5. The maximum absolute atomic E-state index is 11.2. The molecule has 1 saturated heterocycles. The van der Waals surface area contributed by atoms with Gasteiger partial charge in [-0.25, -0.2) is 9.97 Å². The third-order valence-corrected chi connectivity index (χ3v) is 3.85. The van der Waals surface area contributed by atoms with Crippen LogP contribution in [-0.2, 0) is 11.8 Å². The molecule has 0 spiro atoms. The third kappa shape index (κ3) is 2.43. The van der Waals surface area contributed by atoms with Crippen LogP contribution >= 0.6 is 0 Å². The second kappa shape index (κ2) is 4.98. The van der Waals surface area contributed by atoms with Crippen molar-refractivity contribution in [3.63, 3.8) is 0 Å². The number of rotatable bonds is 2. The molecule has 0 saturated carbocycles. The molecule has 7 heteroatoms. The van der Waals surface area contributed by atoms with Crippen LogP contribution in [0.25, 0.3) is 11.0 Å². The standard InChI is InChI=1S/C14H20N6O/c1-8-12-13(19(4)18-8)15-9(2)16-14(12)20-6-5-11(7-20)17-10(3)21/h11H,5-7H2,1-4H3,(H,17,21)/t11-/m1/s1. The van der Waals surface area contributed by atoms with Gasteiger partial charge in [0.1, 0.15) is 11.6 Å². The lowest BCUT2D eigenvalue weighted by Crippen LogP contribution is -2.35. The number of carbonyl (C=O) groups excluding carboxylic acids is 1. The zero-order valence-electron chi connectivity index (χ0n) is 12.8. The lowest BCUT2D eigenvalue weighted by molar-refractivity contribution is -0.119. The Morgan fingerprint density at radius 3 is 2.81 bits per heavy atom. The van der Waals surface area contributed by atoms with Crippen LogP contribution in [0.15, 0.2) is 0 Å². The van der Waals surface area contributed by atoms with Crippen molar-refractivity contribution in [1.82, 2.24) is 25.1 Å². The number of hydrogen-bond acceptors (Lipinski definition) is 5. The highest BCUT2D eigenvalue weighted by Crippen LogP contribution is 2.29. The predicted octanol–water partition coefficient (Wildman–Crippen LogP) is 0.695. The smallest absolute Gasteiger partial charge is 0.217 e. The van der Waals surface area contributed by atoms with Crippen LogP contribution in [0.4, 0.5) is 5.82 Å². The second-order valence-corrected chi connectivity index (χ2v) is 5.63. The van der Waals surface area contributed by atoms with Crippen LogP contribution in [0.2, 0.25) is 0 Å². The average molecular weight is 288 g/mol. The first kappa shape index (κ1) is 13.8. The lowest BCUT2D eigenvalue weighted by atomic mass is 10.2. The zero-order valence-corrected chi connectivity index (χ0v) is 12.8. The molecular formula is C14H20N6O. The SMILES string of the molecule is CC(=O)N[C@@H]1CCN(c2nc(C)nc3c2c(C)nn3C)C1. The number of nitrogens with one attached hydrogen (secondary N) is 1. The van der Waals surface area contributed by atoms with Gasteiger partial charge in [0, 0.05) is 33.1 Å². The number of hydrogen-bond donors (Lipinski definition) is 1. The summed E-state index contributed by atoms with van der Waals surface area (Å²) in [7, 11) is 1.90. The van der Waals surface area contributed by atoms with Crippen LogP contribution < -0.4 is 10.2 Å². The van der Waals surface area contributed by atoms with Crippen molar-refractivity contribution in [2.24, 2.45) is 7.05 Å². The van der Waals surface area contributed by atoms with Crippen LogP contribution in [-0.4, -0.2) is 44.8 Å². The van der Waals surface area contributed by atoms with E-state index in [9.17, 15) is 4.79 Å². The Labute approximate surface area is 123 Å². The van der Waals surface area contributed by atoms with Crippen molar-refractivity contribution < 1.29 is 4.79 Å². The molecule has 0 aliphatic carbocycles. The van der Waals surface area contributed by atoms with Gasteiger partial charge in [-0.2, -0.15) is 5.10 Å². The van der Waals surface area contributed by atoms with Crippen LogP contribution in [0, 0.1) is 13.8 Å². The summed E-state index contributed by atoms with van der Waals surface area (Å²) in [6.07, 6.45) is 0.934. The number of amides is 1. The Bertz CT molecular complexity index is 707. The van der Waals surface area contributed by atoms with E-state index in [0.717, 1.165) is 47.9 Å². The van der Waals surface area contributed by atoms with E-state index in [1.165, 1.54) is 0 Å². The monoisotopic (exact) mass is 288 g/mol. The molecule has 0 bridgehead atoms. The highest BCUT2D eigenvalue weighted by molar-refractivity contribution is 5.90. The van der Waals surface area contributed by atoms with Gasteiger partial charge < -0.3 is 10.2 Å². The molecule has 0 aromatic carbocycles. The number of aryl methyl sites for hydroxylation is 3. The Morgan fingerprint density at radius 2 is 2.10 bits per heavy atom. The summed E-state index contributed by atoms with van der Waals surface area (Å²) in [4.78, 5) is 22.5. The van der Waals surface area contributed by atoms with Crippen molar-refractivity contribution in [2.45, 2.75) is 33.2 Å². The number of carbonyl (C=O) groups is 1. The quantitative estimate of drug-likeness (QED) is 0.880. The number of fused-ring (bicyclic) bond motifs is 1.